The predicted molar refractivity (Wildman–Crippen MR) is 83.7 cm³/mol. The molecule has 4 heterocycles. The second-order valence-electron chi connectivity index (χ2n) is 5.94. The number of anilines is 1. The lowest BCUT2D eigenvalue weighted by molar-refractivity contribution is 0.178. The SMILES string of the molecule is O=C(Nc1cnc(Cl)cc1F)N1C2CCC1c1ccnc(F)c1C2. The molecule has 5 nitrogen and oxygen atoms in total. The number of hydrogen-bond acceptors (Lipinski definition) is 3. The van der Waals surface area contributed by atoms with E-state index in [9.17, 15) is 13.6 Å². The van der Waals surface area contributed by atoms with Crippen LogP contribution in [0.4, 0.5) is 19.3 Å². The van der Waals surface area contributed by atoms with Gasteiger partial charge in [0.2, 0.25) is 5.95 Å². The molecule has 0 radical (unpaired) electrons. The summed E-state index contributed by atoms with van der Waals surface area (Å²) in [6.07, 6.45) is 4.52. The van der Waals surface area contributed by atoms with Crippen molar-refractivity contribution in [2.45, 2.75) is 31.3 Å². The lowest BCUT2D eigenvalue weighted by Crippen LogP contribution is -2.44. The van der Waals surface area contributed by atoms with Crippen molar-refractivity contribution >= 4 is 23.3 Å². The molecule has 1 saturated heterocycles. The zero-order valence-electron chi connectivity index (χ0n) is 12.5. The maximum atomic E-state index is 13.9. The number of carbonyl (C=O) groups is 1. The third kappa shape index (κ3) is 2.39. The summed E-state index contributed by atoms with van der Waals surface area (Å²) in [4.78, 5) is 21.8. The topological polar surface area (TPSA) is 58.1 Å². The summed E-state index contributed by atoms with van der Waals surface area (Å²) in [6.45, 7) is 0. The summed E-state index contributed by atoms with van der Waals surface area (Å²) in [5, 5.41) is 2.55. The van der Waals surface area contributed by atoms with Gasteiger partial charge in [-0.05, 0) is 30.9 Å². The molecule has 0 aromatic carbocycles. The van der Waals surface area contributed by atoms with Gasteiger partial charge >= 0.3 is 6.03 Å². The van der Waals surface area contributed by atoms with Crippen LogP contribution in [0.3, 0.4) is 0 Å². The van der Waals surface area contributed by atoms with Crippen molar-refractivity contribution in [2.24, 2.45) is 0 Å². The van der Waals surface area contributed by atoms with E-state index in [0.717, 1.165) is 24.5 Å². The normalized spacial score (nSPS) is 21.5. The molecule has 0 saturated carbocycles. The monoisotopic (exact) mass is 350 g/mol. The molecule has 124 valence electrons. The van der Waals surface area contributed by atoms with E-state index in [0.29, 0.717) is 12.0 Å². The summed E-state index contributed by atoms with van der Waals surface area (Å²) >= 11 is 5.61. The number of carbonyl (C=O) groups excluding carboxylic acids is 1. The van der Waals surface area contributed by atoms with Gasteiger partial charge in [0.25, 0.3) is 0 Å². The van der Waals surface area contributed by atoms with Crippen molar-refractivity contribution in [3.05, 3.63) is 52.6 Å². The van der Waals surface area contributed by atoms with Gasteiger partial charge in [0.1, 0.15) is 5.15 Å². The van der Waals surface area contributed by atoms with Crippen molar-refractivity contribution in [1.82, 2.24) is 14.9 Å². The summed E-state index contributed by atoms with van der Waals surface area (Å²) in [6, 6.07) is 2.02. The predicted octanol–water partition coefficient (Wildman–Crippen LogP) is 3.70. The van der Waals surface area contributed by atoms with Gasteiger partial charge in [-0.2, -0.15) is 4.39 Å². The molecule has 2 aromatic heterocycles. The number of nitrogens with one attached hydrogen (secondary N) is 1. The van der Waals surface area contributed by atoms with E-state index in [1.807, 2.05) is 0 Å². The number of amides is 2. The summed E-state index contributed by atoms with van der Waals surface area (Å²) in [7, 11) is 0. The molecule has 2 aliphatic rings. The zero-order valence-corrected chi connectivity index (χ0v) is 13.2. The van der Waals surface area contributed by atoms with Crippen LogP contribution in [-0.4, -0.2) is 26.9 Å². The van der Waals surface area contributed by atoms with Crippen LogP contribution in [-0.2, 0) is 6.42 Å². The quantitative estimate of drug-likeness (QED) is 0.798. The highest BCUT2D eigenvalue weighted by Crippen LogP contribution is 2.44. The average molecular weight is 351 g/mol. The zero-order chi connectivity index (χ0) is 16.8. The minimum absolute atomic E-state index is 0.0143. The molecule has 2 amide bonds. The second kappa shape index (κ2) is 5.66. The van der Waals surface area contributed by atoms with Crippen LogP contribution >= 0.6 is 11.6 Å². The van der Waals surface area contributed by atoms with Gasteiger partial charge in [0, 0.05) is 23.9 Å². The molecule has 2 aromatic rings. The summed E-state index contributed by atoms with van der Waals surface area (Å²) in [5.74, 6) is -1.12. The Bertz CT molecular complexity index is 832. The number of nitrogens with zero attached hydrogens (tertiary/aromatic N) is 3. The van der Waals surface area contributed by atoms with E-state index in [2.05, 4.69) is 15.3 Å². The minimum atomic E-state index is -0.650. The second-order valence-corrected chi connectivity index (χ2v) is 6.33. The van der Waals surface area contributed by atoms with Crippen molar-refractivity contribution in [3.8, 4) is 0 Å². The molecule has 2 aliphatic heterocycles. The van der Waals surface area contributed by atoms with Crippen molar-refractivity contribution in [2.75, 3.05) is 5.32 Å². The molecule has 8 heteroatoms. The van der Waals surface area contributed by atoms with Crippen LogP contribution in [0.1, 0.15) is 30.0 Å². The fourth-order valence-corrected chi connectivity index (χ4v) is 3.75. The third-order valence-corrected chi connectivity index (χ3v) is 4.84. The smallest absolute Gasteiger partial charge is 0.314 e. The number of hydrogen-bond donors (Lipinski definition) is 1. The van der Waals surface area contributed by atoms with E-state index < -0.39 is 17.8 Å². The molecule has 1 N–H and O–H groups in total. The van der Waals surface area contributed by atoms with Crippen LogP contribution < -0.4 is 5.32 Å². The van der Waals surface area contributed by atoms with E-state index in [4.69, 9.17) is 11.6 Å². The van der Waals surface area contributed by atoms with Crippen LogP contribution in [0.5, 0.6) is 0 Å². The van der Waals surface area contributed by atoms with Gasteiger partial charge in [0.05, 0.1) is 17.9 Å². The maximum Gasteiger partial charge on any atom is 0.322 e. The Hall–Kier alpha value is -2.28. The molecule has 2 unspecified atom stereocenters. The highest BCUT2D eigenvalue weighted by molar-refractivity contribution is 6.29. The Labute approximate surface area is 141 Å². The maximum absolute atomic E-state index is 13.9. The van der Waals surface area contributed by atoms with Crippen LogP contribution in [0.25, 0.3) is 0 Å². The molecule has 4 rings (SSSR count). The van der Waals surface area contributed by atoms with E-state index in [1.165, 1.54) is 12.4 Å². The first kappa shape index (κ1) is 15.3. The molecular formula is C16H13ClF2N4O. The molecule has 2 bridgehead atoms. The summed E-state index contributed by atoms with van der Waals surface area (Å²) in [5.41, 5.74) is 1.32. The first-order chi connectivity index (χ1) is 11.5. The van der Waals surface area contributed by atoms with Crippen LogP contribution in [0, 0.1) is 11.8 Å². The summed E-state index contributed by atoms with van der Waals surface area (Å²) < 4.78 is 27.8. The van der Waals surface area contributed by atoms with E-state index >= 15 is 0 Å². The highest BCUT2D eigenvalue weighted by atomic mass is 35.5. The molecule has 2 atom stereocenters. The van der Waals surface area contributed by atoms with Crippen molar-refractivity contribution < 1.29 is 13.6 Å². The average Bonchev–Trinajstić information content (AvgIpc) is 2.86. The fraction of sp³-hybridized carbons (Fsp3) is 0.312. The molecule has 0 spiro atoms. The Morgan fingerprint density at radius 2 is 2.17 bits per heavy atom. The first-order valence-corrected chi connectivity index (χ1v) is 7.96. The van der Waals surface area contributed by atoms with Crippen molar-refractivity contribution in [1.29, 1.82) is 0 Å². The number of urea groups is 1. The highest BCUT2D eigenvalue weighted by Gasteiger charge is 2.43. The van der Waals surface area contributed by atoms with E-state index in [1.54, 1.807) is 11.0 Å². The fourth-order valence-electron chi connectivity index (χ4n) is 3.61. The number of pyridine rings is 2. The first-order valence-electron chi connectivity index (χ1n) is 7.58. The van der Waals surface area contributed by atoms with Gasteiger partial charge < -0.3 is 10.2 Å². The Morgan fingerprint density at radius 3 is 2.96 bits per heavy atom. The molecule has 1 fully saturated rings. The number of halogens is 3. The van der Waals surface area contributed by atoms with Gasteiger partial charge in [0.15, 0.2) is 5.82 Å². The molecule has 0 aliphatic carbocycles. The van der Waals surface area contributed by atoms with Crippen molar-refractivity contribution in [3.63, 3.8) is 0 Å². The Balaban J connectivity index is 1.62. The third-order valence-electron chi connectivity index (χ3n) is 4.64. The van der Waals surface area contributed by atoms with Crippen LogP contribution in [0.2, 0.25) is 5.15 Å². The largest absolute Gasteiger partial charge is 0.322 e. The lowest BCUT2D eigenvalue weighted by atomic mass is 9.95. The Morgan fingerprint density at radius 1 is 1.33 bits per heavy atom. The number of rotatable bonds is 1. The van der Waals surface area contributed by atoms with Gasteiger partial charge in [-0.15, -0.1) is 0 Å². The van der Waals surface area contributed by atoms with Gasteiger partial charge in [-0.25, -0.2) is 19.2 Å². The molecular weight excluding hydrogens is 338 g/mol. The van der Waals surface area contributed by atoms with Gasteiger partial charge in [-0.3, -0.25) is 0 Å². The van der Waals surface area contributed by atoms with Gasteiger partial charge in [-0.1, -0.05) is 11.6 Å². The Kier molecular flexibility index (Phi) is 3.60. The lowest BCUT2D eigenvalue weighted by Gasteiger charge is -2.36. The minimum Gasteiger partial charge on any atom is -0.314 e. The standard InChI is InChI=1S/C16H13ClF2N4O/c17-14-6-11(18)12(7-21-14)22-16(24)23-8-1-2-13(23)9-3-4-20-15(19)10(9)5-8/h3-4,6-8,13H,1-2,5H2,(H,22,24). The van der Waals surface area contributed by atoms with E-state index in [-0.39, 0.29) is 22.9 Å². The molecule has 24 heavy (non-hydrogen) atoms. The van der Waals surface area contributed by atoms with Crippen LogP contribution in [0.15, 0.2) is 24.5 Å². The number of fused-ring (bicyclic) bond motifs is 4. The number of aromatic nitrogens is 2.